The van der Waals surface area contributed by atoms with Crippen molar-refractivity contribution in [3.8, 4) is 5.75 Å². The van der Waals surface area contributed by atoms with Crippen molar-refractivity contribution in [2.75, 3.05) is 6.54 Å². The smallest absolute Gasteiger partial charge is 0.294 e. The highest BCUT2D eigenvalue weighted by atomic mass is 32.1. The second kappa shape index (κ2) is 8.88. The second-order valence-electron chi connectivity index (χ2n) is 8.84. The van der Waals surface area contributed by atoms with E-state index < -0.39 is 39.9 Å². The Balaban J connectivity index is 1.99. The average molecular weight is 500 g/mol. The number of aromatic amines is 1. The number of carbonyl (C=O) groups excluding carboxylic acids is 2. The molecule has 0 bridgehead atoms. The summed E-state index contributed by atoms with van der Waals surface area (Å²) >= 11 is 1.24. The maximum atomic E-state index is 17.8. The number of alkyl halides is 1. The van der Waals surface area contributed by atoms with Crippen molar-refractivity contribution < 1.29 is 19.1 Å². The number of primary amides is 1. The molecule has 1 aromatic carbocycles. The minimum Gasteiger partial charge on any atom is -0.501 e. The lowest BCUT2D eigenvalue weighted by Gasteiger charge is -2.52. The zero-order valence-corrected chi connectivity index (χ0v) is 20.4. The van der Waals surface area contributed by atoms with Crippen LogP contribution in [-0.4, -0.2) is 48.9 Å². The molecule has 184 valence electrons. The van der Waals surface area contributed by atoms with Gasteiger partial charge in [-0.2, -0.15) is 0 Å². The van der Waals surface area contributed by atoms with E-state index in [9.17, 15) is 19.5 Å². The monoisotopic (exact) mass is 499 g/mol. The Kier molecular flexibility index (Phi) is 6.22. The largest absolute Gasteiger partial charge is 0.501 e. The summed E-state index contributed by atoms with van der Waals surface area (Å²) in [5, 5.41) is 10.7. The van der Waals surface area contributed by atoms with Crippen LogP contribution in [0.1, 0.15) is 68.4 Å². The van der Waals surface area contributed by atoms with Crippen molar-refractivity contribution in [3.63, 3.8) is 0 Å². The van der Waals surface area contributed by atoms with Gasteiger partial charge in [-0.15, -0.1) is 11.3 Å². The number of aryl methyl sites for hydroxylation is 2. The van der Waals surface area contributed by atoms with E-state index >= 15 is 4.39 Å². The van der Waals surface area contributed by atoms with Gasteiger partial charge < -0.3 is 20.7 Å². The normalized spacial score (nSPS) is 19.8. The Labute approximate surface area is 204 Å². The summed E-state index contributed by atoms with van der Waals surface area (Å²) in [7, 11) is 0. The third-order valence-corrected chi connectivity index (χ3v) is 7.66. The molecule has 4 rings (SSSR count). The van der Waals surface area contributed by atoms with Gasteiger partial charge in [-0.05, 0) is 45.6 Å². The number of thiazole rings is 1. The fourth-order valence-electron chi connectivity index (χ4n) is 4.83. The van der Waals surface area contributed by atoms with Crippen LogP contribution >= 0.6 is 11.3 Å². The van der Waals surface area contributed by atoms with E-state index in [1.54, 1.807) is 39.0 Å². The number of nitrogens with two attached hydrogens (primary N) is 1. The average Bonchev–Trinajstić information content (AvgIpc) is 3.18. The first-order valence-electron chi connectivity index (χ1n) is 11.1. The van der Waals surface area contributed by atoms with E-state index in [1.165, 1.54) is 28.4 Å². The summed E-state index contributed by atoms with van der Waals surface area (Å²) < 4.78 is 17.8. The molecule has 1 aliphatic rings. The lowest BCUT2D eigenvalue weighted by molar-refractivity contribution is -0.0427. The van der Waals surface area contributed by atoms with Crippen molar-refractivity contribution in [3.05, 3.63) is 73.3 Å². The Morgan fingerprint density at radius 2 is 1.91 bits per heavy atom. The number of aromatic hydroxyl groups is 1. The molecule has 0 spiro atoms. The summed E-state index contributed by atoms with van der Waals surface area (Å²) in [6, 6.07) is 8.03. The molecular formula is C24H26FN5O4S. The van der Waals surface area contributed by atoms with Crippen LogP contribution in [0.5, 0.6) is 5.75 Å². The number of hydrogen-bond acceptors (Lipinski definition) is 7. The second-order valence-corrected chi connectivity index (χ2v) is 10.0. The van der Waals surface area contributed by atoms with Crippen molar-refractivity contribution in [2.45, 2.75) is 51.2 Å². The Morgan fingerprint density at radius 3 is 2.51 bits per heavy atom. The van der Waals surface area contributed by atoms with Crippen molar-refractivity contribution in [1.82, 2.24) is 19.9 Å². The van der Waals surface area contributed by atoms with Gasteiger partial charge in [0.05, 0.1) is 16.2 Å². The predicted molar refractivity (Wildman–Crippen MR) is 128 cm³/mol. The molecule has 2 amide bonds. The van der Waals surface area contributed by atoms with E-state index in [-0.39, 0.29) is 24.4 Å². The number of nitrogens with zero attached hydrogens (tertiary/aromatic N) is 3. The zero-order valence-electron chi connectivity index (χ0n) is 19.6. The van der Waals surface area contributed by atoms with Gasteiger partial charge in [0, 0.05) is 6.54 Å². The van der Waals surface area contributed by atoms with Crippen LogP contribution in [0, 0.1) is 13.8 Å². The molecule has 2 unspecified atom stereocenters. The first kappa shape index (κ1) is 24.5. The quantitative estimate of drug-likeness (QED) is 0.493. The number of rotatable bonds is 5. The summed E-state index contributed by atoms with van der Waals surface area (Å²) in [4.78, 5) is 50.7. The molecule has 0 saturated carbocycles. The summed E-state index contributed by atoms with van der Waals surface area (Å²) in [5.41, 5.74) is 0.0702. The van der Waals surface area contributed by atoms with Crippen LogP contribution in [0.25, 0.3) is 0 Å². The van der Waals surface area contributed by atoms with Gasteiger partial charge in [0.2, 0.25) is 11.4 Å². The van der Waals surface area contributed by atoms with Gasteiger partial charge in [0.1, 0.15) is 4.88 Å². The molecule has 3 aromatic rings. The van der Waals surface area contributed by atoms with Gasteiger partial charge in [-0.1, -0.05) is 30.3 Å². The number of halogens is 1. The number of H-pyrrole nitrogens is 1. The van der Waals surface area contributed by atoms with E-state index in [0.29, 0.717) is 23.4 Å². The number of piperidine rings is 1. The Bertz CT molecular complexity index is 1360. The molecular weight excluding hydrogens is 473 g/mol. The van der Waals surface area contributed by atoms with E-state index in [4.69, 9.17) is 5.73 Å². The minimum atomic E-state index is -2.56. The molecule has 35 heavy (non-hydrogen) atoms. The minimum absolute atomic E-state index is 0.128. The molecule has 3 heterocycles. The number of benzene rings is 1. The van der Waals surface area contributed by atoms with Crippen LogP contribution in [0.2, 0.25) is 0 Å². The number of nitrogens with one attached hydrogen (secondary N) is 1. The van der Waals surface area contributed by atoms with Crippen LogP contribution in [-0.2, 0) is 5.67 Å². The molecule has 9 nitrogen and oxygen atoms in total. The van der Waals surface area contributed by atoms with Crippen LogP contribution in [0.15, 0.2) is 35.1 Å². The summed E-state index contributed by atoms with van der Waals surface area (Å²) in [5.74, 6) is -3.05. The van der Waals surface area contributed by atoms with Crippen molar-refractivity contribution >= 4 is 23.2 Å². The number of likely N-dealkylation sites (tertiary alicyclic amines) is 1. The molecule has 1 aliphatic heterocycles. The van der Waals surface area contributed by atoms with Crippen molar-refractivity contribution in [2.24, 2.45) is 5.73 Å². The number of aromatic nitrogens is 3. The molecule has 0 radical (unpaired) electrons. The zero-order chi connectivity index (χ0) is 25.5. The first-order chi connectivity index (χ1) is 16.5. The predicted octanol–water partition coefficient (Wildman–Crippen LogP) is 2.95. The fourth-order valence-corrected chi connectivity index (χ4v) is 5.70. The number of carbonyl (C=O) groups is 2. The van der Waals surface area contributed by atoms with Gasteiger partial charge >= 0.3 is 0 Å². The fraction of sp³-hybridized carbons (Fsp3) is 0.375. The van der Waals surface area contributed by atoms with Gasteiger partial charge in [-0.3, -0.25) is 14.4 Å². The van der Waals surface area contributed by atoms with Crippen LogP contribution in [0.3, 0.4) is 0 Å². The molecule has 2 aromatic heterocycles. The molecule has 1 saturated heterocycles. The first-order valence-corrected chi connectivity index (χ1v) is 12.0. The summed E-state index contributed by atoms with van der Waals surface area (Å²) in [6.45, 7) is 5.41. The highest BCUT2D eigenvalue weighted by molar-refractivity contribution is 7.13. The Morgan fingerprint density at radius 1 is 1.23 bits per heavy atom. The number of amides is 2. The third kappa shape index (κ3) is 3.89. The Hall–Kier alpha value is -3.60. The van der Waals surface area contributed by atoms with E-state index in [2.05, 4.69) is 15.0 Å². The highest BCUT2D eigenvalue weighted by Crippen LogP contribution is 2.50. The molecule has 4 N–H and O–H groups in total. The van der Waals surface area contributed by atoms with Gasteiger partial charge in [0.15, 0.2) is 11.5 Å². The summed E-state index contributed by atoms with van der Waals surface area (Å²) in [6.07, 6.45) is 1.52. The molecule has 0 aliphatic carbocycles. The van der Waals surface area contributed by atoms with Crippen LogP contribution < -0.4 is 11.3 Å². The van der Waals surface area contributed by atoms with Crippen LogP contribution in [0.4, 0.5) is 4.39 Å². The van der Waals surface area contributed by atoms with Crippen molar-refractivity contribution in [1.29, 1.82) is 0 Å². The van der Waals surface area contributed by atoms with Gasteiger partial charge in [0.25, 0.3) is 17.4 Å². The lowest BCUT2D eigenvalue weighted by Crippen LogP contribution is -2.63. The topological polar surface area (TPSA) is 142 Å². The molecule has 2 atom stereocenters. The third-order valence-electron chi connectivity index (χ3n) is 6.60. The lowest BCUT2D eigenvalue weighted by atomic mass is 9.70. The van der Waals surface area contributed by atoms with E-state index in [0.717, 1.165) is 5.01 Å². The number of hydrogen-bond donors (Lipinski definition) is 3. The standard InChI is InChI=1S/C24H26FN5O4S/c1-13-18(35-14(2)27-13)21(34)30-12-8-7-11-23(30,3)24(25,15-9-5-4-6-10-15)22-28-16(19(26)32)17(31)20(33)29-22/h4-6,9-10,31H,7-8,11-12H2,1-3H3,(H2,26,32)(H,28,29,33). The van der Waals surface area contributed by atoms with Gasteiger partial charge in [-0.25, -0.2) is 14.4 Å². The highest BCUT2D eigenvalue weighted by Gasteiger charge is 2.59. The molecule has 1 fully saturated rings. The molecule has 11 heteroatoms. The maximum absolute atomic E-state index is 17.8. The van der Waals surface area contributed by atoms with E-state index in [1.807, 2.05) is 0 Å². The SMILES string of the molecule is Cc1nc(C)c(C(=O)N2CCCCC2(C)C(F)(c2ccccc2)c2nc(C(N)=O)c(O)c(=O)[nH]2)s1. The maximum Gasteiger partial charge on any atom is 0.294 e.